The third kappa shape index (κ3) is 1.69. The van der Waals surface area contributed by atoms with Crippen molar-refractivity contribution in [2.24, 2.45) is 5.92 Å². The SMILES string of the molecule is Cc1ccc(C2(O)CCCC2C)c(C)c1. The van der Waals surface area contributed by atoms with Gasteiger partial charge in [0, 0.05) is 0 Å². The first-order chi connectivity index (χ1) is 7.04. The molecule has 0 aliphatic heterocycles. The van der Waals surface area contributed by atoms with E-state index in [0.29, 0.717) is 5.92 Å². The lowest BCUT2D eigenvalue weighted by Crippen LogP contribution is -2.29. The summed E-state index contributed by atoms with van der Waals surface area (Å²) in [5, 5.41) is 10.7. The Balaban J connectivity index is 2.44. The molecule has 0 radical (unpaired) electrons. The van der Waals surface area contributed by atoms with Crippen LogP contribution in [-0.4, -0.2) is 5.11 Å². The molecule has 15 heavy (non-hydrogen) atoms. The molecule has 2 unspecified atom stereocenters. The highest BCUT2D eigenvalue weighted by Crippen LogP contribution is 2.44. The summed E-state index contributed by atoms with van der Waals surface area (Å²) in [6, 6.07) is 6.37. The zero-order chi connectivity index (χ0) is 11.1. The van der Waals surface area contributed by atoms with E-state index in [9.17, 15) is 5.11 Å². The molecule has 1 aliphatic rings. The molecule has 82 valence electrons. The molecule has 0 aromatic heterocycles. The fraction of sp³-hybridized carbons (Fsp3) is 0.571. The van der Waals surface area contributed by atoms with Crippen LogP contribution in [0.1, 0.15) is 42.9 Å². The number of hydrogen-bond acceptors (Lipinski definition) is 1. The van der Waals surface area contributed by atoms with Gasteiger partial charge in [-0.15, -0.1) is 0 Å². The van der Waals surface area contributed by atoms with Crippen molar-refractivity contribution < 1.29 is 5.11 Å². The Morgan fingerprint density at radius 1 is 1.33 bits per heavy atom. The zero-order valence-corrected chi connectivity index (χ0v) is 9.88. The minimum absolute atomic E-state index is 0.388. The predicted molar refractivity (Wildman–Crippen MR) is 62.8 cm³/mol. The van der Waals surface area contributed by atoms with Crippen LogP contribution in [-0.2, 0) is 5.60 Å². The van der Waals surface area contributed by atoms with Crippen LogP contribution in [0.3, 0.4) is 0 Å². The van der Waals surface area contributed by atoms with Gasteiger partial charge in [-0.1, -0.05) is 30.7 Å². The average molecular weight is 204 g/mol. The second-order valence-corrected chi connectivity index (χ2v) is 5.04. The summed E-state index contributed by atoms with van der Waals surface area (Å²) in [5.74, 6) is 0.388. The van der Waals surface area contributed by atoms with Crippen LogP contribution < -0.4 is 0 Å². The molecule has 2 atom stereocenters. The van der Waals surface area contributed by atoms with E-state index in [1.165, 1.54) is 11.1 Å². The van der Waals surface area contributed by atoms with Crippen molar-refractivity contribution in [3.8, 4) is 0 Å². The van der Waals surface area contributed by atoms with E-state index in [1.807, 2.05) is 0 Å². The van der Waals surface area contributed by atoms with E-state index in [-0.39, 0.29) is 0 Å². The number of aliphatic hydroxyl groups is 1. The second kappa shape index (κ2) is 3.64. The Labute approximate surface area is 92.1 Å². The van der Waals surface area contributed by atoms with Crippen LogP contribution in [0.15, 0.2) is 18.2 Å². The summed E-state index contributed by atoms with van der Waals surface area (Å²) in [6.45, 7) is 6.36. The van der Waals surface area contributed by atoms with Crippen molar-refractivity contribution in [3.05, 3.63) is 34.9 Å². The first kappa shape index (κ1) is 10.7. The lowest BCUT2D eigenvalue weighted by atomic mass is 9.82. The fourth-order valence-corrected chi connectivity index (χ4v) is 2.86. The molecular formula is C14H20O. The average Bonchev–Trinajstić information content (AvgIpc) is 2.47. The predicted octanol–water partition coefficient (Wildman–Crippen LogP) is 3.31. The van der Waals surface area contributed by atoms with Gasteiger partial charge in [-0.05, 0) is 50.2 Å². The Kier molecular flexibility index (Phi) is 2.59. The first-order valence-corrected chi connectivity index (χ1v) is 5.84. The van der Waals surface area contributed by atoms with Gasteiger partial charge in [0.25, 0.3) is 0 Å². The number of benzene rings is 1. The molecule has 1 aromatic rings. The molecule has 0 amide bonds. The first-order valence-electron chi connectivity index (χ1n) is 5.84. The monoisotopic (exact) mass is 204 g/mol. The van der Waals surface area contributed by atoms with Crippen LogP contribution in [0.25, 0.3) is 0 Å². The topological polar surface area (TPSA) is 20.2 Å². The highest BCUT2D eigenvalue weighted by Gasteiger charge is 2.40. The van der Waals surface area contributed by atoms with Crippen LogP contribution in [0, 0.1) is 19.8 Å². The molecule has 0 bridgehead atoms. The Bertz CT molecular complexity index is 370. The summed E-state index contributed by atoms with van der Waals surface area (Å²) in [6.07, 6.45) is 3.20. The standard InChI is InChI=1S/C14H20O/c1-10-6-7-13(11(2)9-10)14(15)8-4-5-12(14)3/h6-7,9,12,15H,4-5,8H2,1-3H3. The third-order valence-corrected chi connectivity index (χ3v) is 3.86. The summed E-state index contributed by atoms with van der Waals surface area (Å²) < 4.78 is 0. The minimum Gasteiger partial charge on any atom is -0.385 e. The Morgan fingerprint density at radius 2 is 2.07 bits per heavy atom. The lowest BCUT2D eigenvalue weighted by Gasteiger charge is -2.30. The van der Waals surface area contributed by atoms with Crippen molar-refractivity contribution in [1.82, 2.24) is 0 Å². The van der Waals surface area contributed by atoms with E-state index >= 15 is 0 Å². The van der Waals surface area contributed by atoms with E-state index in [1.54, 1.807) is 0 Å². The van der Waals surface area contributed by atoms with Crippen molar-refractivity contribution in [2.45, 2.75) is 45.6 Å². The quantitative estimate of drug-likeness (QED) is 0.744. The summed E-state index contributed by atoms with van der Waals surface area (Å²) >= 11 is 0. The highest BCUT2D eigenvalue weighted by molar-refractivity contribution is 5.35. The third-order valence-electron chi connectivity index (χ3n) is 3.86. The van der Waals surface area contributed by atoms with E-state index in [0.717, 1.165) is 24.8 Å². The number of aryl methyl sites for hydroxylation is 2. The van der Waals surface area contributed by atoms with Crippen LogP contribution >= 0.6 is 0 Å². The van der Waals surface area contributed by atoms with Crippen molar-refractivity contribution in [1.29, 1.82) is 0 Å². The maximum atomic E-state index is 10.7. The van der Waals surface area contributed by atoms with Gasteiger partial charge in [-0.3, -0.25) is 0 Å². The summed E-state index contributed by atoms with van der Waals surface area (Å²) in [7, 11) is 0. The summed E-state index contributed by atoms with van der Waals surface area (Å²) in [4.78, 5) is 0. The van der Waals surface area contributed by atoms with Gasteiger partial charge in [0.2, 0.25) is 0 Å². The van der Waals surface area contributed by atoms with Crippen molar-refractivity contribution in [3.63, 3.8) is 0 Å². The van der Waals surface area contributed by atoms with E-state index in [4.69, 9.17) is 0 Å². The molecule has 1 N–H and O–H groups in total. The van der Waals surface area contributed by atoms with Gasteiger partial charge in [0.05, 0.1) is 5.60 Å². The number of hydrogen-bond donors (Lipinski definition) is 1. The summed E-state index contributed by atoms with van der Waals surface area (Å²) in [5.41, 5.74) is 3.06. The molecule has 0 saturated heterocycles. The van der Waals surface area contributed by atoms with Gasteiger partial charge < -0.3 is 5.11 Å². The van der Waals surface area contributed by atoms with Gasteiger partial charge in [0.15, 0.2) is 0 Å². The maximum Gasteiger partial charge on any atom is 0.0924 e. The molecule has 1 aromatic carbocycles. The molecule has 1 fully saturated rings. The van der Waals surface area contributed by atoms with E-state index in [2.05, 4.69) is 39.0 Å². The lowest BCUT2D eigenvalue weighted by molar-refractivity contribution is 0.00390. The molecule has 0 spiro atoms. The molecule has 1 saturated carbocycles. The molecule has 1 nitrogen and oxygen atoms in total. The zero-order valence-electron chi connectivity index (χ0n) is 9.88. The fourth-order valence-electron chi connectivity index (χ4n) is 2.86. The van der Waals surface area contributed by atoms with E-state index < -0.39 is 5.60 Å². The molecule has 2 rings (SSSR count). The van der Waals surface area contributed by atoms with Gasteiger partial charge in [-0.2, -0.15) is 0 Å². The van der Waals surface area contributed by atoms with Crippen molar-refractivity contribution >= 4 is 0 Å². The Morgan fingerprint density at radius 3 is 2.60 bits per heavy atom. The smallest absolute Gasteiger partial charge is 0.0924 e. The maximum absolute atomic E-state index is 10.7. The van der Waals surface area contributed by atoms with Crippen molar-refractivity contribution in [2.75, 3.05) is 0 Å². The Hall–Kier alpha value is -0.820. The number of rotatable bonds is 1. The molecule has 1 heteroatoms. The van der Waals surface area contributed by atoms with Gasteiger partial charge in [0.1, 0.15) is 0 Å². The van der Waals surface area contributed by atoms with Crippen LogP contribution in [0.5, 0.6) is 0 Å². The molecule has 0 heterocycles. The highest BCUT2D eigenvalue weighted by atomic mass is 16.3. The molecular weight excluding hydrogens is 184 g/mol. The largest absolute Gasteiger partial charge is 0.385 e. The van der Waals surface area contributed by atoms with Crippen LogP contribution in [0.4, 0.5) is 0 Å². The van der Waals surface area contributed by atoms with Gasteiger partial charge in [-0.25, -0.2) is 0 Å². The minimum atomic E-state index is -0.572. The van der Waals surface area contributed by atoms with Crippen LogP contribution in [0.2, 0.25) is 0 Å². The molecule has 1 aliphatic carbocycles. The normalized spacial score (nSPS) is 30.8. The second-order valence-electron chi connectivity index (χ2n) is 5.04. The van der Waals surface area contributed by atoms with Gasteiger partial charge >= 0.3 is 0 Å².